The number of hydrogen-bond donors (Lipinski definition) is 4. The molecule has 1 aliphatic rings. The number of H-pyrrole nitrogens is 1. The molecular weight excluding hydrogens is 414 g/mol. The van der Waals surface area contributed by atoms with Gasteiger partial charge in [0.1, 0.15) is 0 Å². The predicted octanol–water partition coefficient (Wildman–Crippen LogP) is 4.40. The van der Waals surface area contributed by atoms with E-state index in [-0.39, 0.29) is 23.9 Å². The number of aromatic nitrogens is 2. The van der Waals surface area contributed by atoms with Gasteiger partial charge in [-0.05, 0) is 12.8 Å². The van der Waals surface area contributed by atoms with Crippen molar-refractivity contribution < 1.29 is 9.59 Å². The Balaban J connectivity index is 1.39. The van der Waals surface area contributed by atoms with Crippen molar-refractivity contribution in [2.45, 2.75) is 122 Å². The summed E-state index contributed by atoms with van der Waals surface area (Å²) in [6.45, 7) is 3.50. The van der Waals surface area contributed by atoms with Gasteiger partial charge < -0.3 is 20.9 Å². The maximum absolute atomic E-state index is 12.3. The van der Waals surface area contributed by atoms with E-state index < -0.39 is 0 Å². The number of nitrogens with one attached hydrogen (secondary N) is 4. The summed E-state index contributed by atoms with van der Waals surface area (Å²) in [4.78, 5) is 31.5. The normalized spacial score (nSPS) is 17.8. The Hall–Kier alpha value is -1.89. The SMILES string of the molecule is CCCCCCCCCCCCCCCC(=O)N[C@@H]1CN[C@H](C(=O)NCCc2cnc[nH]2)C1. The molecule has 1 aliphatic heterocycles. The molecule has 0 bridgehead atoms. The van der Waals surface area contributed by atoms with Crippen LogP contribution in [-0.4, -0.2) is 47.0 Å². The molecule has 2 amide bonds. The highest BCUT2D eigenvalue weighted by Crippen LogP contribution is 2.13. The van der Waals surface area contributed by atoms with Crippen LogP contribution in [0.5, 0.6) is 0 Å². The van der Waals surface area contributed by atoms with Gasteiger partial charge in [0.2, 0.25) is 11.8 Å². The molecule has 0 spiro atoms. The molecule has 1 aromatic heterocycles. The summed E-state index contributed by atoms with van der Waals surface area (Å²) < 4.78 is 0. The van der Waals surface area contributed by atoms with Gasteiger partial charge in [0.25, 0.3) is 0 Å². The third-order valence-electron chi connectivity index (χ3n) is 6.57. The number of hydrogen-bond acceptors (Lipinski definition) is 4. The molecule has 2 heterocycles. The minimum atomic E-state index is -0.228. The van der Waals surface area contributed by atoms with Crippen LogP contribution in [-0.2, 0) is 16.0 Å². The van der Waals surface area contributed by atoms with Crippen LogP contribution in [0.25, 0.3) is 0 Å². The molecule has 1 fully saturated rings. The molecule has 0 aromatic carbocycles. The van der Waals surface area contributed by atoms with E-state index in [0.29, 0.717) is 25.9 Å². The Bertz CT molecular complexity index is 635. The summed E-state index contributed by atoms with van der Waals surface area (Å²) in [7, 11) is 0. The van der Waals surface area contributed by atoms with Crippen LogP contribution < -0.4 is 16.0 Å². The second-order valence-corrected chi connectivity index (χ2v) is 9.57. The molecule has 0 saturated carbocycles. The fourth-order valence-corrected chi connectivity index (χ4v) is 4.51. The lowest BCUT2D eigenvalue weighted by atomic mass is 10.0. The largest absolute Gasteiger partial charge is 0.354 e. The number of carbonyl (C=O) groups excluding carboxylic acids is 2. The molecule has 0 radical (unpaired) electrons. The lowest BCUT2D eigenvalue weighted by molar-refractivity contribution is -0.123. The molecule has 4 N–H and O–H groups in total. The van der Waals surface area contributed by atoms with Gasteiger partial charge >= 0.3 is 0 Å². The first-order valence-corrected chi connectivity index (χ1v) is 13.5. The standard InChI is InChI=1S/C26H47N5O2/c1-2-3-4-5-6-7-8-9-10-11-12-13-14-15-25(32)31-23-18-24(29-20-23)26(33)28-17-16-22-19-27-21-30-22/h19,21,23-24,29H,2-18,20H2,1H3,(H,27,30)(H,28,33)(H,31,32)/t23-,24-/m0/s1. The van der Waals surface area contributed by atoms with Gasteiger partial charge in [0, 0.05) is 43.9 Å². The van der Waals surface area contributed by atoms with Crippen molar-refractivity contribution in [3.8, 4) is 0 Å². The van der Waals surface area contributed by atoms with Crippen LogP contribution in [0.2, 0.25) is 0 Å². The first-order valence-electron chi connectivity index (χ1n) is 13.5. The van der Waals surface area contributed by atoms with Gasteiger partial charge in [-0.3, -0.25) is 9.59 Å². The van der Waals surface area contributed by atoms with E-state index in [1.54, 1.807) is 12.5 Å². The molecule has 33 heavy (non-hydrogen) atoms. The topological polar surface area (TPSA) is 98.9 Å². The van der Waals surface area contributed by atoms with E-state index in [0.717, 1.165) is 25.0 Å². The number of unbranched alkanes of at least 4 members (excludes halogenated alkanes) is 12. The van der Waals surface area contributed by atoms with Crippen LogP contribution in [0.1, 0.15) is 109 Å². The Labute approximate surface area is 200 Å². The van der Waals surface area contributed by atoms with E-state index in [1.165, 1.54) is 70.6 Å². The number of rotatable bonds is 19. The number of aromatic amines is 1. The zero-order valence-corrected chi connectivity index (χ0v) is 20.8. The second-order valence-electron chi connectivity index (χ2n) is 9.57. The van der Waals surface area contributed by atoms with Crippen LogP contribution in [0.3, 0.4) is 0 Å². The first-order chi connectivity index (χ1) is 16.2. The Morgan fingerprint density at radius 1 is 0.970 bits per heavy atom. The lowest BCUT2D eigenvalue weighted by Gasteiger charge is -2.13. The molecule has 2 rings (SSSR count). The van der Waals surface area contributed by atoms with E-state index >= 15 is 0 Å². The molecule has 0 unspecified atom stereocenters. The lowest BCUT2D eigenvalue weighted by Crippen LogP contribution is -2.41. The fourth-order valence-electron chi connectivity index (χ4n) is 4.51. The monoisotopic (exact) mass is 461 g/mol. The van der Waals surface area contributed by atoms with Crippen LogP contribution in [0.15, 0.2) is 12.5 Å². The fraction of sp³-hybridized carbons (Fsp3) is 0.808. The van der Waals surface area contributed by atoms with Crippen LogP contribution in [0.4, 0.5) is 0 Å². The smallest absolute Gasteiger partial charge is 0.237 e. The van der Waals surface area contributed by atoms with Crippen molar-refractivity contribution in [2.75, 3.05) is 13.1 Å². The highest BCUT2D eigenvalue weighted by molar-refractivity contribution is 5.82. The summed E-state index contributed by atoms with van der Waals surface area (Å²) in [6.07, 6.45) is 22.4. The molecule has 1 saturated heterocycles. The van der Waals surface area contributed by atoms with E-state index in [1.807, 2.05) is 0 Å². The van der Waals surface area contributed by atoms with Gasteiger partial charge in [0.15, 0.2) is 0 Å². The molecule has 2 atom stereocenters. The van der Waals surface area contributed by atoms with Crippen molar-refractivity contribution in [2.24, 2.45) is 0 Å². The summed E-state index contributed by atoms with van der Waals surface area (Å²) in [5, 5.41) is 9.27. The van der Waals surface area contributed by atoms with Crippen LogP contribution >= 0.6 is 0 Å². The quantitative estimate of drug-likeness (QED) is 0.230. The maximum Gasteiger partial charge on any atom is 0.237 e. The minimum absolute atomic E-state index is 0.00255. The Morgan fingerprint density at radius 3 is 2.21 bits per heavy atom. The summed E-state index contributed by atoms with van der Waals surface area (Å²) in [5.74, 6) is 0.118. The van der Waals surface area contributed by atoms with Crippen molar-refractivity contribution in [1.82, 2.24) is 25.9 Å². The summed E-state index contributed by atoms with van der Waals surface area (Å²) >= 11 is 0. The van der Waals surface area contributed by atoms with Gasteiger partial charge in [-0.1, -0.05) is 84.0 Å². The molecule has 0 aliphatic carbocycles. The summed E-state index contributed by atoms with van der Waals surface area (Å²) in [6, 6.07) is -0.184. The van der Waals surface area contributed by atoms with E-state index in [9.17, 15) is 9.59 Å². The number of carbonyl (C=O) groups is 2. The average Bonchev–Trinajstić information content (AvgIpc) is 3.49. The number of nitrogens with zero attached hydrogens (tertiary/aromatic N) is 1. The van der Waals surface area contributed by atoms with Crippen molar-refractivity contribution in [3.05, 3.63) is 18.2 Å². The second kappa shape index (κ2) is 17.6. The molecule has 188 valence electrons. The average molecular weight is 462 g/mol. The Morgan fingerprint density at radius 2 is 1.61 bits per heavy atom. The molecule has 7 nitrogen and oxygen atoms in total. The summed E-state index contributed by atoms with van der Waals surface area (Å²) in [5.41, 5.74) is 1.01. The number of imidazole rings is 1. The highest BCUT2D eigenvalue weighted by atomic mass is 16.2. The minimum Gasteiger partial charge on any atom is -0.354 e. The van der Waals surface area contributed by atoms with E-state index in [2.05, 4.69) is 32.8 Å². The van der Waals surface area contributed by atoms with Gasteiger partial charge in [-0.15, -0.1) is 0 Å². The zero-order chi connectivity index (χ0) is 23.6. The van der Waals surface area contributed by atoms with Gasteiger partial charge in [-0.25, -0.2) is 4.98 Å². The van der Waals surface area contributed by atoms with Crippen molar-refractivity contribution >= 4 is 11.8 Å². The third-order valence-corrected chi connectivity index (χ3v) is 6.57. The number of amides is 2. The van der Waals surface area contributed by atoms with Gasteiger partial charge in [-0.2, -0.15) is 0 Å². The highest BCUT2D eigenvalue weighted by Gasteiger charge is 2.29. The molecular formula is C26H47N5O2. The van der Waals surface area contributed by atoms with E-state index in [4.69, 9.17) is 0 Å². The van der Waals surface area contributed by atoms with Crippen molar-refractivity contribution in [1.29, 1.82) is 0 Å². The van der Waals surface area contributed by atoms with Crippen LogP contribution in [0, 0.1) is 0 Å². The van der Waals surface area contributed by atoms with Gasteiger partial charge in [0.05, 0.1) is 12.4 Å². The predicted molar refractivity (Wildman–Crippen MR) is 134 cm³/mol. The molecule has 1 aromatic rings. The zero-order valence-electron chi connectivity index (χ0n) is 20.8. The van der Waals surface area contributed by atoms with Crippen molar-refractivity contribution in [3.63, 3.8) is 0 Å². The molecule has 7 heteroatoms. The Kier molecular flexibility index (Phi) is 14.6. The first kappa shape index (κ1) is 27.4. The maximum atomic E-state index is 12.3. The third kappa shape index (κ3) is 12.8.